The van der Waals surface area contributed by atoms with Gasteiger partial charge in [-0.1, -0.05) is 54.1 Å². The van der Waals surface area contributed by atoms with Gasteiger partial charge in [-0.05, 0) is 53.9 Å². The van der Waals surface area contributed by atoms with Crippen LogP contribution >= 0.6 is 11.6 Å². The molecule has 5 heteroatoms. The van der Waals surface area contributed by atoms with E-state index in [9.17, 15) is 9.59 Å². The van der Waals surface area contributed by atoms with Gasteiger partial charge in [-0.15, -0.1) is 0 Å². The maximum atomic E-state index is 13.0. The summed E-state index contributed by atoms with van der Waals surface area (Å²) in [5.74, 6) is -0.0106. The molecular formula is C25H23ClN2O2. The Morgan fingerprint density at radius 1 is 0.600 bits per heavy atom. The van der Waals surface area contributed by atoms with Gasteiger partial charge in [0.15, 0.2) is 0 Å². The predicted molar refractivity (Wildman–Crippen MR) is 120 cm³/mol. The third-order valence-corrected chi connectivity index (χ3v) is 5.65. The predicted octanol–water partition coefficient (Wildman–Crippen LogP) is 5.00. The van der Waals surface area contributed by atoms with Gasteiger partial charge in [-0.3, -0.25) is 9.59 Å². The van der Waals surface area contributed by atoms with Crippen LogP contribution < -0.4 is 0 Å². The van der Waals surface area contributed by atoms with Crippen molar-refractivity contribution >= 4 is 23.4 Å². The number of nitrogens with zero attached hydrogens (tertiary/aromatic N) is 2. The second-order valence-electron chi connectivity index (χ2n) is 7.39. The first-order valence-electron chi connectivity index (χ1n) is 10.1. The third kappa shape index (κ3) is 4.55. The van der Waals surface area contributed by atoms with E-state index in [0.717, 1.165) is 17.5 Å². The van der Waals surface area contributed by atoms with Crippen molar-refractivity contribution in [2.45, 2.75) is 6.42 Å². The fourth-order valence-electron chi connectivity index (χ4n) is 3.72. The van der Waals surface area contributed by atoms with Crippen LogP contribution in [0.5, 0.6) is 0 Å². The van der Waals surface area contributed by atoms with Crippen molar-refractivity contribution in [1.82, 2.24) is 9.80 Å². The zero-order chi connectivity index (χ0) is 20.9. The molecule has 1 saturated heterocycles. The second-order valence-corrected chi connectivity index (χ2v) is 7.82. The lowest BCUT2D eigenvalue weighted by atomic mass is 10.0. The highest BCUT2D eigenvalue weighted by Gasteiger charge is 2.23. The van der Waals surface area contributed by atoms with Crippen molar-refractivity contribution < 1.29 is 9.59 Å². The number of benzene rings is 3. The van der Waals surface area contributed by atoms with Gasteiger partial charge in [0, 0.05) is 42.3 Å². The Morgan fingerprint density at radius 2 is 1.07 bits per heavy atom. The van der Waals surface area contributed by atoms with Crippen LogP contribution in [-0.2, 0) is 0 Å². The molecule has 0 aromatic heterocycles. The summed E-state index contributed by atoms with van der Waals surface area (Å²) < 4.78 is 0. The Bertz CT molecular complexity index is 1020. The molecule has 0 bridgehead atoms. The third-order valence-electron chi connectivity index (χ3n) is 5.40. The Balaban J connectivity index is 1.41. The summed E-state index contributed by atoms with van der Waals surface area (Å²) in [5, 5.41) is 0.609. The van der Waals surface area contributed by atoms with Crippen molar-refractivity contribution in [3.05, 3.63) is 95.0 Å². The van der Waals surface area contributed by atoms with Gasteiger partial charge in [0.25, 0.3) is 11.8 Å². The van der Waals surface area contributed by atoms with E-state index in [-0.39, 0.29) is 11.8 Å². The molecule has 0 saturated carbocycles. The minimum atomic E-state index is -0.0202. The molecule has 30 heavy (non-hydrogen) atoms. The normalized spacial score (nSPS) is 14.3. The van der Waals surface area contributed by atoms with Gasteiger partial charge >= 0.3 is 0 Å². The highest BCUT2D eigenvalue weighted by molar-refractivity contribution is 6.30. The van der Waals surface area contributed by atoms with Gasteiger partial charge in [0.2, 0.25) is 0 Å². The van der Waals surface area contributed by atoms with Gasteiger partial charge in [-0.2, -0.15) is 0 Å². The van der Waals surface area contributed by atoms with Gasteiger partial charge in [0.05, 0.1) is 0 Å². The van der Waals surface area contributed by atoms with Crippen molar-refractivity contribution in [2.24, 2.45) is 0 Å². The lowest BCUT2D eigenvalue weighted by molar-refractivity contribution is 0.0719. The monoisotopic (exact) mass is 418 g/mol. The summed E-state index contributed by atoms with van der Waals surface area (Å²) in [4.78, 5) is 29.4. The van der Waals surface area contributed by atoms with E-state index in [1.54, 1.807) is 24.3 Å². The van der Waals surface area contributed by atoms with Crippen LogP contribution in [0.1, 0.15) is 27.1 Å². The summed E-state index contributed by atoms with van der Waals surface area (Å²) in [5.41, 5.74) is 3.51. The van der Waals surface area contributed by atoms with Crippen LogP contribution in [0, 0.1) is 0 Å². The van der Waals surface area contributed by atoms with Crippen molar-refractivity contribution in [3.8, 4) is 11.1 Å². The fourth-order valence-corrected chi connectivity index (χ4v) is 3.84. The molecule has 0 N–H and O–H groups in total. The zero-order valence-corrected chi connectivity index (χ0v) is 17.4. The number of hydrogen-bond donors (Lipinski definition) is 0. The van der Waals surface area contributed by atoms with Gasteiger partial charge < -0.3 is 9.80 Å². The Morgan fingerprint density at radius 3 is 1.60 bits per heavy atom. The number of carbonyl (C=O) groups is 2. The topological polar surface area (TPSA) is 40.6 Å². The van der Waals surface area contributed by atoms with Crippen LogP contribution in [0.3, 0.4) is 0 Å². The molecule has 1 heterocycles. The summed E-state index contributed by atoms with van der Waals surface area (Å²) in [6, 6.07) is 24.8. The quantitative estimate of drug-likeness (QED) is 0.600. The minimum Gasteiger partial charge on any atom is -0.337 e. The van der Waals surface area contributed by atoms with Crippen LogP contribution in [-0.4, -0.2) is 47.8 Å². The number of carbonyl (C=O) groups excluding carboxylic acids is 2. The molecule has 0 unspecified atom stereocenters. The molecule has 1 aliphatic rings. The number of rotatable bonds is 3. The summed E-state index contributed by atoms with van der Waals surface area (Å²) in [7, 11) is 0. The van der Waals surface area contributed by atoms with E-state index in [0.29, 0.717) is 42.3 Å². The minimum absolute atomic E-state index is 0.00963. The Labute approximate surface area is 181 Å². The van der Waals surface area contributed by atoms with Crippen molar-refractivity contribution in [2.75, 3.05) is 26.2 Å². The standard InChI is InChI=1S/C25H23ClN2O2/c26-23-13-11-22(12-14-23)25(30)28-16-4-15-27(17-18-28)24(29)21-9-7-20(8-10-21)19-5-2-1-3-6-19/h1-3,5-14H,4,15-18H2. The molecule has 152 valence electrons. The molecular weight excluding hydrogens is 396 g/mol. The van der Waals surface area contributed by atoms with Crippen LogP contribution in [0.4, 0.5) is 0 Å². The SMILES string of the molecule is O=C(c1ccc(Cl)cc1)N1CCCN(C(=O)c2ccc(-c3ccccc3)cc2)CC1. The zero-order valence-electron chi connectivity index (χ0n) is 16.6. The highest BCUT2D eigenvalue weighted by Crippen LogP contribution is 2.20. The molecule has 0 atom stereocenters. The molecule has 1 aliphatic heterocycles. The fraction of sp³-hybridized carbons (Fsp3) is 0.200. The van der Waals surface area contributed by atoms with Gasteiger partial charge in [0.1, 0.15) is 0 Å². The van der Waals surface area contributed by atoms with E-state index >= 15 is 0 Å². The lowest BCUT2D eigenvalue weighted by Crippen LogP contribution is -2.37. The van der Waals surface area contributed by atoms with E-state index in [1.165, 1.54) is 0 Å². The van der Waals surface area contributed by atoms with E-state index in [2.05, 4.69) is 12.1 Å². The van der Waals surface area contributed by atoms with Crippen LogP contribution in [0.15, 0.2) is 78.9 Å². The largest absolute Gasteiger partial charge is 0.337 e. The Kier molecular flexibility index (Phi) is 6.15. The number of amides is 2. The first-order valence-corrected chi connectivity index (χ1v) is 10.5. The highest BCUT2D eigenvalue weighted by atomic mass is 35.5. The number of halogens is 1. The molecule has 3 aromatic rings. The molecule has 4 nitrogen and oxygen atoms in total. The van der Waals surface area contributed by atoms with Crippen LogP contribution in [0.2, 0.25) is 5.02 Å². The van der Waals surface area contributed by atoms with E-state index in [1.807, 2.05) is 52.3 Å². The van der Waals surface area contributed by atoms with Crippen molar-refractivity contribution in [1.29, 1.82) is 0 Å². The molecule has 1 fully saturated rings. The first kappa shape index (κ1) is 20.2. The van der Waals surface area contributed by atoms with Gasteiger partial charge in [-0.25, -0.2) is 0 Å². The summed E-state index contributed by atoms with van der Waals surface area (Å²) in [6.45, 7) is 2.33. The van der Waals surface area contributed by atoms with Crippen molar-refractivity contribution in [3.63, 3.8) is 0 Å². The summed E-state index contributed by atoms with van der Waals surface area (Å²) in [6.07, 6.45) is 0.757. The molecule has 0 spiro atoms. The van der Waals surface area contributed by atoms with Crippen LogP contribution in [0.25, 0.3) is 11.1 Å². The second kappa shape index (κ2) is 9.14. The lowest BCUT2D eigenvalue weighted by Gasteiger charge is -2.22. The van der Waals surface area contributed by atoms with E-state index in [4.69, 9.17) is 11.6 Å². The molecule has 0 aliphatic carbocycles. The molecule has 2 amide bonds. The first-order chi connectivity index (χ1) is 14.6. The molecule has 4 rings (SSSR count). The van der Waals surface area contributed by atoms with E-state index < -0.39 is 0 Å². The average molecular weight is 419 g/mol. The smallest absolute Gasteiger partial charge is 0.253 e. The summed E-state index contributed by atoms with van der Waals surface area (Å²) >= 11 is 5.92. The molecule has 3 aromatic carbocycles. The molecule has 0 radical (unpaired) electrons. The maximum absolute atomic E-state index is 13.0. The maximum Gasteiger partial charge on any atom is 0.253 e. The Hall–Kier alpha value is -3.11. The average Bonchev–Trinajstić information content (AvgIpc) is 3.06. The number of hydrogen-bond acceptors (Lipinski definition) is 2.